The topological polar surface area (TPSA) is 74.7 Å². The van der Waals surface area contributed by atoms with Crippen LogP contribution in [0.15, 0.2) is 0 Å². The lowest BCUT2D eigenvalue weighted by Crippen LogP contribution is -2.42. The maximum Gasteiger partial charge on any atom is 0.307 e. The fraction of sp³-hybridized carbons (Fsp3) is 0.778. The van der Waals surface area contributed by atoms with Crippen LogP contribution in [-0.4, -0.2) is 50.7 Å². The minimum atomic E-state index is -0.881. The summed E-state index contributed by atoms with van der Waals surface area (Å²) in [5.74, 6) is -0.709. The third kappa shape index (κ3) is 2.19. The molecule has 2 unspecified atom stereocenters. The number of hydrogen-bond acceptors (Lipinski definition) is 3. The summed E-state index contributed by atoms with van der Waals surface area (Å²) in [4.78, 5) is 24.0. The molecular weight excluding hydrogens is 218 g/mol. The molecule has 15 heavy (non-hydrogen) atoms. The lowest BCUT2D eigenvalue weighted by molar-refractivity contribution is -0.141. The van der Waals surface area contributed by atoms with Crippen molar-refractivity contribution < 1.29 is 18.9 Å². The molecule has 1 saturated heterocycles. The van der Waals surface area contributed by atoms with Crippen LogP contribution in [0.5, 0.6) is 0 Å². The van der Waals surface area contributed by atoms with E-state index in [-0.39, 0.29) is 11.8 Å². The van der Waals surface area contributed by atoms with Crippen LogP contribution < -0.4 is 0 Å². The van der Waals surface area contributed by atoms with Crippen LogP contribution in [0.1, 0.15) is 6.42 Å². The van der Waals surface area contributed by atoms with Crippen molar-refractivity contribution in [1.29, 1.82) is 0 Å². The molecule has 84 valence electrons. The summed E-state index contributed by atoms with van der Waals surface area (Å²) in [7, 11) is -0.798. The summed E-state index contributed by atoms with van der Waals surface area (Å²) in [6.45, 7) is 1.02. The molecule has 2 fully saturated rings. The van der Waals surface area contributed by atoms with Crippen LogP contribution in [0.25, 0.3) is 0 Å². The second kappa shape index (κ2) is 3.92. The molecule has 1 N–H and O–H groups in total. The Morgan fingerprint density at radius 3 is 2.27 bits per heavy atom. The van der Waals surface area contributed by atoms with Crippen molar-refractivity contribution in [2.45, 2.75) is 6.42 Å². The van der Waals surface area contributed by atoms with E-state index in [4.69, 9.17) is 5.11 Å². The highest BCUT2D eigenvalue weighted by molar-refractivity contribution is 7.85. The van der Waals surface area contributed by atoms with Gasteiger partial charge in [-0.2, -0.15) is 0 Å². The first-order valence-corrected chi connectivity index (χ1v) is 6.45. The van der Waals surface area contributed by atoms with E-state index in [1.165, 1.54) is 0 Å². The van der Waals surface area contributed by atoms with Crippen LogP contribution in [0.4, 0.5) is 0 Å². The van der Waals surface area contributed by atoms with Crippen molar-refractivity contribution in [3.8, 4) is 0 Å². The monoisotopic (exact) mass is 231 g/mol. The third-order valence-corrected chi connectivity index (χ3v) is 4.19. The third-order valence-electron chi connectivity index (χ3n) is 2.91. The van der Waals surface area contributed by atoms with Gasteiger partial charge < -0.3 is 10.0 Å². The molecule has 1 aliphatic carbocycles. The highest BCUT2D eigenvalue weighted by atomic mass is 32.2. The zero-order valence-corrected chi connectivity index (χ0v) is 9.03. The average Bonchev–Trinajstić information content (AvgIpc) is 2.97. The van der Waals surface area contributed by atoms with Gasteiger partial charge in [-0.15, -0.1) is 0 Å². The number of rotatable bonds is 2. The molecule has 0 aromatic heterocycles. The number of nitrogens with zero attached hydrogens (tertiary/aromatic N) is 1. The second-order valence-electron chi connectivity index (χ2n) is 3.96. The van der Waals surface area contributed by atoms with Crippen molar-refractivity contribution >= 4 is 22.7 Å². The van der Waals surface area contributed by atoms with E-state index in [0.717, 1.165) is 0 Å². The number of hydrogen-bond donors (Lipinski definition) is 1. The van der Waals surface area contributed by atoms with Crippen LogP contribution in [0, 0.1) is 11.8 Å². The average molecular weight is 231 g/mol. The van der Waals surface area contributed by atoms with Crippen molar-refractivity contribution in [2.75, 3.05) is 24.6 Å². The molecule has 1 heterocycles. The van der Waals surface area contributed by atoms with Crippen molar-refractivity contribution in [1.82, 2.24) is 4.90 Å². The summed E-state index contributed by atoms with van der Waals surface area (Å²) in [6.07, 6.45) is 0.466. The Labute approximate surface area is 89.9 Å². The van der Waals surface area contributed by atoms with Gasteiger partial charge in [0.15, 0.2) is 0 Å². The van der Waals surface area contributed by atoms with Crippen LogP contribution >= 0.6 is 0 Å². The molecular formula is C9H13NO4S. The standard InChI is InChI=1S/C9H13NO4S/c11-8(6-5-7(6)9(12)13)10-1-3-15(14)4-2-10/h6-7H,1-5H2,(H,12,13). The lowest BCUT2D eigenvalue weighted by atomic mass is 10.2. The minimum absolute atomic E-state index is 0.0703. The van der Waals surface area contributed by atoms with E-state index in [1.54, 1.807) is 4.90 Å². The Hall–Kier alpha value is -0.910. The molecule has 0 spiro atoms. The van der Waals surface area contributed by atoms with Gasteiger partial charge in [0, 0.05) is 35.4 Å². The van der Waals surface area contributed by atoms with Gasteiger partial charge in [-0.3, -0.25) is 13.8 Å². The maximum atomic E-state index is 11.7. The molecule has 1 amide bonds. The number of carboxylic acid groups (broad SMARTS) is 1. The molecule has 0 radical (unpaired) electrons. The molecule has 1 saturated carbocycles. The number of carboxylic acids is 1. The molecule has 2 aliphatic rings. The molecule has 0 aromatic carbocycles. The number of amides is 1. The summed E-state index contributed by atoms with van der Waals surface area (Å²) >= 11 is 0. The van der Waals surface area contributed by atoms with Gasteiger partial charge in [0.1, 0.15) is 0 Å². The Morgan fingerprint density at radius 1 is 1.20 bits per heavy atom. The van der Waals surface area contributed by atoms with Crippen LogP contribution in [0.2, 0.25) is 0 Å². The zero-order valence-electron chi connectivity index (χ0n) is 8.22. The number of carbonyl (C=O) groups excluding carboxylic acids is 1. The number of carbonyl (C=O) groups is 2. The Bertz CT molecular complexity index is 320. The first-order valence-electron chi connectivity index (χ1n) is 4.96. The lowest BCUT2D eigenvalue weighted by Gasteiger charge is -2.26. The number of aliphatic carboxylic acids is 1. The van der Waals surface area contributed by atoms with Gasteiger partial charge >= 0.3 is 5.97 Å². The second-order valence-corrected chi connectivity index (χ2v) is 5.66. The molecule has 6 heteroatoms. The van der Waals surface area contributed by atoms with Gasteiger partial charge in [-0.05, 0) is 6.42 Å². The van der Waals surface area contributed by atoms with Gasteiger partial charge in [0.05, 0.1) is 11.8 Å². The highest BCUT2D eigenvalue weighted by Gasteiger charge is 2.49. The predicted octanol–water partition coefficient (Wildman–Crippen LogP) is -0.702. The smallest absolute Gasteiger partial charge is 0.307 e. The first kappa shape index (κ1) is 10.6. The van der Waals surface area contributed by atoms with Crippen molar-refractivity contribution in [2.24, 2.45) is 11.8 Å². The van der Waals surface area contributed by atoms with Crippen molar-refractivity contribution in [3.63, 3.8) is 0 Å². The fourth-order valence-corrected chi connectivity index (χ4v) is 2.89. The van der Waals surface area contributed by atoms with Gasteiger partial charge in [-0.25, -0.2) is 0 Å². The Kier molecular flexibility index (Phi) is 2.77. The molecule has 2 rings (SSSR count). The highest BCUT2D eigenvalue weighted by Crippen LogP contribution is 2.40. The van der Waals surface area contributed by atoms with Gasteiger partial charge in [0.25, 0.3) is 0 Å². The normalized spacial score (nSPS) is 31.3. The quantitative estimate of drug-likeness (QED) is 0.682. The van der Waals surface area contributed by atoms with E-state index in [9.17, 15) is 13.8 Å². The molecule has 0 bridgehead atoms. The largest absolute Gasteiger partial charge is 0.481 e. The molecule has 2 atom stereocenters. The van der Waals surface area contributed by atoms with Gasteiger partial charge in [0.2, 0.25) is 5.91 Å². The van der Waals surface area contributed by atoms with E-state index < -0.39 is 22.7 Å². The molecule has 0 aromatic rings. The molecule has 1 aliphatic heterocycles. The molecule has 5 nitrogen and oxygen atoms in total. The zero-order chi connectivity index (χ0) is 11.0. The van der Waals surface area contributed by atoms with Crippen molar-refractivity contribution in [3.05, 3.63) is 0 Å². The maximum absolute atomic E-state index is 11.7. The van der Waals surface area contributed by atoms with E-state index in [1.807, 2.05) is 0 Å². The summed E-state index contributed by atoms with van der Waals surface area (Å²) < 4.78 is 11.1. The van der Waals surface area contributed by atoms with E-state index in [0.29, 0.717) is 31.0 Å². The summed E-state index contributed by atoms with van der Waals surface area (Å²) in [5.41, 5.74) is 0. The summed E-state index contributed by atoms with van der Waals surface area (Å²) in [5, 5.41) is 8.69. The SMILES string of the molecule is O=C(O)C1CC1C(=O)N1CCS(=O)CC1. The van der Waals surface area contributed by atoms with Crippen LogP contribution in [-0.2, 0) is 20.4 Å². The first-order chi connectivity index (χ1) is 7.09. The Balaban J connectivity index is 1.87. The van der Waals surface area contributed by atoms with E-state index in [2.05, 4.69) is 0 Å². The van der Waals surface area contributed by atoms with E-state index >= 15 is 0 Å². The summed E-state index contributed by atoms with van der Waals surface area (Å²) in [6, 6.07) is 0. The predicted molar refractivity (Wildman–Crippen MR) is 53.7 cm³/mol. The van der Waals surface area contributed by atoms with Crippen LogP contribution in [0.3, 0.4) is 0 Å². The van der Waals surface area contributed by atoms with Gasteiger partial charge in [-0.1, -0.05) is 0 Å². The Morgan fingerprint density at radius 2 is 1.80 bits per heavy atom. The fourth-order valence-electron chi connectivity index (χ4n) is 1.83. The minimum Gasteiger partial charge on any atom is -0.481 e.